The molecule has 1 fully saturated rings. The van der Waals surface area contributed by atoms with E-state index in [1.807, 2.05) is 24.3 Å². The largest absolute Gasteiger partial charge is 0.492 e. The molecule has 0 unspecified atom stereocenters. The van der Waals surface area contributed by atoms with Crippen molar-refractivity contribution in [2.24, 2.45) is 5.73 Å². The quantitative estimate of drug-likeness (QED) is 0.827. The van der Waals surface area contributed by atoms with Crippen LogP contribution in [-0.2, 0) is 4.74 Å². The highest BCUT2D eigenvalue weighted by Gasteiger charge is 2.08. The molecular weight excluding hydrogens is 260 g/mol. The van der Waals surface area contributed by atoms with Crippen LogP contribution >= 0.6 is 12.2 Å². The van der Waals surface area contributed by atoms with E-state index in [0.717, 1.165) is 50.6 Å². The summed E-state index contributed by atoms with van der Waals surface area (Å²) in [5.74, 6) is 0.816. The molecule has 1 aromatic rings. The smallest absolute Gasteiger partial charge is 0.120 e. The van der Waals surface area contributed by atoms with E-state index in [1.165, 1.54) is 0 Å². The van der Waals surface area contributed by atoms with Gasteiger partial charge in [-0.25, -0.2) is 0 Å². The molecule has 1 aliphatic rings. The molecular formula is C14H20N2O2S. The lowest BCUT2D eigenvalue weighted by Gasteiger charge is -2.19. The molecule has 0 atom stereocenters. The van der Waals surface area contributed by atoms with Crippen LogP contribution in [0.2, 0.25) is 0 Å². The molecule has 0 amide bonds. The van der Waals surface area contributed by atoms with E-state index >= 15 is 0 Å². The second-order valence-corrected chi connectivity index (χ2v) is 4.99. The average Bonchev–Trinajstić information content (AvgIpc) is 2.68. The Hall–Kier alpha value is -1.17. The van der Waals surface area contributed by atoms with Gasteiger partial charge in [0, 0.05) is 31.8 Å². The van der Waals surface area contributed by atoms with Crippen molar-refractivity contribution in [2.45, 2.75) is 6.42 Å². The van der Waals surface area contributed by atoms with Crippen molar-refractivity contribution in [3.8, 4) is 5.75 Å². The summed E-state index contributed by atoms with van der Waals surface area (Å²) in [7, 11) is 0. The van der Waals surface area contributed by atoms with Gasteiger partial charge in [0.2, 0.25) is 0 Å². The number of ether oxygens (including phenoxy) is 2. The fourth-order valence-corrected chi connectivity index (χ4v) is 2.18. The molecule has 2 rings (SSSR count). The van der Waals surface area contributed by atoms with Gasteiger partial charge in [0.1, 0.15) is 17.3 Å². The zero-order chi connectivity index (χ0) is 13.5. The van der Waals surface area contributed by atoms with E-state index in [9.17, 15) is 0 Å². The van der Waals surface area contributed by atoms with Crippen molar-refractivity contribution in [2.75, 3.05) is 39.5 Å². The molecule has 2 N–H and O–H groups in total. The Kier molecular flexibility index (Phi) is 5.57. The van der Waals surface area contributed by atoms with Crippen LogP contribution in [0.5, 0.6) is 5.75 Å². The fourth-order valence-electron chi connectivity index (χ4n) is 2.05. The summed E-state index contributed by atoms with van der Waals surface area (Å²) >= 11 is 4.95. The van der Waals surface area contributed by atoms with Gasteiger partial charge in [-0.2, -0.15) is 0 Å². The highest BCUT2D eigenvalue weighted by atomic mass is 32.1. The molecule has 1 heterocycles. The van der Waals surface area contributed by atoms with Gasteiger partial charge in [-0.3, -0.25) is 4.90 Å². The maximum absolute atomic E-state index is 5.74. The predicted molar refractivity (Wildman–Crippen MR) is 79.7 cm³/mol. The summed E-state index contributed by atoms with van der Waals surface area (Å²) in [4.78, 5) is 2.76. The third kappa shape index (κ3) is 4.78. The standard InChI is InChI=1S/C14H20N2O2S/c15-14(19)12-3-1-4-13(11-12)18-10-7-16-5-2-8-17-9-6-16/h1,3-4,11H,2,5-10H2,(H2,15,19). The van der Waals surface area contributed by atoms with E-state index in [-0.39, 0.29) is 0 Å². The van der Waals surface area contributed by atoms with E-state index in [1.54, 1.807) is 0 Å². The molecule has 0 aromatic heterocycles. The minimum absolute atomic E-state index is 0.398. The molecule has 4 nitrogen and oxygen atoms in total. The van der Waals surface area contributed by atoms with E-state index in [4.69, 9.17) is 27.4 Å². The van der Waals surface area contributed by atoms with Gasteiger partial charge in [-0.1, -0.05) is 24.4 Å². The Morgan fingerprint density at radius 2 is 2.26 bits per heavy atom. The van der Waals surface area contributed by atoms with Gasteiger partial charge in [-0.15, -0.1) is 0 Å². The lowest BCUT2D eigenvalue weighted by molar-refractivity contribution is 0.137. The molecule has 19 heavy (non-hydrogen) atoms. The van der Waals surface area contributed by atoms with E-state index in [2.05, 4.69) is 4.90 Å². The van der Waals surface area contributed by atoms with Gasteiger partial charge in [-0.05, 0) is 18.6 Å². The van der Waals surface area contributed by atoms with Gasteiger partial charge < -0.3 is 15.2 Å². The molecule has 0 spiro atoms. The first-order chi connectivity index (χ1) is 9.25. The van der Waals surface area contributed by atoms with Crippen LogP contribution in [0.25, 0.3) is 0 Å². The zero-order valence-corrected chi connectivity index (χ0v) is 11.8. The van der Waals surface area contributed by atoms with Crippen LogP contribution in [0.15, 0.2) is 24.3 Å². The van der Waals surface area contributed by atoms with Gasteiger partial charge in [0.05, 0.1) is 6.61 Å². The molecule has 0 bridgehead atoms. The van der Waals surface area contributed by atoms with Crippen LogP contribution in [-0.4, -0.2) is 49.3 Å². The summed E-state index contributed by atoms with van der Waals surface area (Å²) in [5.41, 5.74) is 6.44. The minimum Gasteiger partial charge on any atom is -0.492 e. The first-order valence-electron chi connectivity index (χ1n) is 6.58. The summed E-state index contributed by atoms with van der Waals surface area (Å²) in [6, 6.07) is 7.60. The van der Waals surface area contributed by atoms with Gasteiger partial charge in [0.15, 0.2) is 0 Å². The second-order valence-electron chi connectivity index (χ2n) is 4.55. The number of rotatable bonds is 5. The average molecular weight is 280 g/mol. The number of hydrogen-bond acceptors (Lipinski definition) is 4. The van der Waals surface area contributed by atoms with Crippen molar-refractivity contribution in [3.63, 3.8) is 0 Å². The predicted octanol–water partition coefficient (Wildman–Crippen LogP) is 1.42. The van der Waals surface area contributed by atoms with Gasteiger partial charge in [0.25, 0.3) is 0 Å². The molecule has 1 aromatic carbocycles. The normalized spacial score (nSPS) is 16.8. The zero-order valence-electron chi connectivity index (χ0n) is 11.0. The Bertz CT molecular complexity index is 418. The van der Waals surface area contributed by atoms with Crippen molar-refractivity contribution in [1.29, 1.82) is 0 Å². The summed E-state index contributed by atoms with van der Waals surface area (Å²) in [6.07, 6.45) is 1.09. The number of nitrogens with zero attached hydrogens (tertiary/aromatic N) is 1. The fraction of sp³-hybridized carbons (Fsp3) is 0.500. The Morgan fingerprint density at radius 3 is 3.11 bits per heavy atom. The highest BCUT2D eigenvalue weighted by molar-refractivity contribution is 7.80. The Balaban J connectivity index is 1.78. The first-order valence-corrected chi connectivity index (χ1v) is 6.99. The van der Waals surface area contributed by atoms with Crippen molar-refractivity contribution < 1.29 is 9.47 Å². The number of hydrogen-bond donors (Lipinski definition) is 1. The van der Waals surface area contributed by atoms with Crippen LogP contribution in [0, 0.1) is 0 Å². The Labute approximate surface area is 119 Å². The molecule has 104 valence electrons. The number of nitrogens with two attached hydrogens (primary N) is 1. The maximum atomic E-state index is 5.74. The Morgan fingerprint density at radius 1 is 1.37 bits per heavy atom. The second kappa shape index (κ2) is 7.43. The van der Waals surface area contributed by atoms with Crippen LogP contribution < -0.4 is 10.5 Å². The molecule has 1 saturated heterocycles. The van der Waals surface area contributed by atoms with E-state index < -0.39 is 0 Å². The summed E-state index contributed by atoms with van der Waals surface area (Å²) in [6.45, 7) is 5.33. The number of thiocarbonyl (C=S) groups is 1. The first kappa shape index (κ1) is 14.2. The lowest BCUT2D eigenvalue weighted by Crippen LogP contribution is -2.30. The summed E-state index contributed by atoms with van der Waals surface area (Å²) < 4.78 is 11.2. The summed E-state index contributed by atoms with van der Waals surface area (Å²) in [5, 5.41) is 0. The molecule has 1 aliphatic heterocycles. The number of benzene rings is 1. The van der Waals surface area contributed by atoms with Crippen LogP contribution in [0.3, 0.4) is 0 Å². The minimum atomic E-state index is 0.398. The molecule has 0 radical (unpaired) electrons. The third-order valence-electron chi connectivity index (χ3n) is 3.11. The lowest BCUT2D eigenvalue weighted by atomic mass is 10.2. The molecule has 0 saturated carbocycles. The molecule has 0 aliphatic carbocycles. The molecule has 5 heteroatoms. The highest BCUT2D eigenvalue weighted by Crippen LogP contribution is 2.13. The van der Waals surface area contributed by atoms with Gasteiger partial charge >= 0.3 is 0 Å². The van der Waals surface area contributed by atoms with Crippen molar-refractivity contribution in [1.82, 2.24) is 4.90 Å². The third-order valence-corrected chi connectivity index (χ3v) is 3.35. The van der Waals surface area contributed by atoms with Crippen molar-refractivity contribution in [3.05, 3.63) is 29.8 Å². The van der Waals surface area contributed by atoms with Crippen LogP contribution in [0.4, 0.5) is 0 Å². The van der Waals surface area contributed by atoms with Crippen molar-refractivity contribution >= 4 is 17.2 Å². The van der Waals surface area contributed by atoms with E-state index in [0.29, 0.717) is 11.6 Å². The monoisotopic (exact) mass is 280 g/mol. The topological polar surface area (TPSA) is 47.7 Å². The maximum Gasteiger partial charge on any atom is 0.120 e. The van der Waals surface area contributed by atoms with Crippen LogP contribution in [0.1, 0.15) is 12.0 Å². The SMILES string of the molecule is NC(=S)c1cccc(OCCN2CCCOCC2)c1.